The van der Waals surface area contributed by atoms with Gasteiger partial charge in [0.05, 0.1) is 0 Å². The number of rotatable bonds is 8. The Labute approximate surface area is 137 Å². The van der Waals surface area contributed by atoms with Crippen molar-refractivity contribution in [3.8, 4) is 0 Å². The van der Waals surface area contributed by atoms with E-state index in [9.17, 15) is 13.2 Å². The van der Waals surface area contributed by atoms with Gasteiger partial charge < -0.3 is 4.43 Å². The van der Waals surface area contributed by atoms with Gasteiger partial charge in [0, 0.05) is 6.42 Å². The van der Waals surface area contributed by atoms with Crippen molar-refractivity contribution >= 4 is 26.3 Å². The van der Waals surface area contributed by atoms with Gasteiger partial charge in [0.2, 0.25) is 0 Å². The van der Waals surface area contributed by atoms with Crippen molar-refractivity contribution in [1.29, 1.82) is 0 Å². The summed E-state index contributed by atoms with van der Waals surface area (Å²) >= 11 is 1.80. The van der Waals surface area contributed by atoms with Gasteiger partial charge in [-0.1, -0.05) is 20.8 Å². The Morgan fingerprint density at radius 1 is 1.27 bits per heavy atom. The summed E-state index contributed by atoms with van der Waals surface area (Å²) < 4.78 is 43.2. The van der Waals surface area contributed by atoms with Crippen LogP contribution in [0.2, 0.25) is 18.1 Å². The van der Waals surface area contributed by atoms with E-state index in [0.717, 1.165) is 17.4 Å². The summed E-state index contributed by atoms with van der Waals surface area (Å²) in [5.41, 5.74) is 0. The quantitative estimate of drug-likeness (QED) is 0.326. The molecule has 0 unspecified atom stereocenters. The molecule has 2 nitrogen and oxygen atoms in total. The summed E-state index contributed by atoms with van der Waals surface area (Å²) in [6, 6.07) is 0. The van der Waals surface area contributed by atoms with Gasteiger partial charge in [0.25, 0.3) is 0 Å². The monoisotopic (exact) mass is 355 g/mol. The van der Waals surface area contributed by atoms with Crippen molar-refractivity contribution in [2.24, 2.45) is 10.9 Å². The first kappa shape index (κ1) is 20.0. The van der Waals surface area contributed by atoms with Crippen molar-refractivity contribution in [2.45, 2.75) is 70.6 Å². The Kier molecular flexibility index (Phi) is 7.02. The molecule has 1 aliphatic carbocycles. The highest BCUT2D eigenvalue weighted by molar-refractivity contribution is 7.99. The highest BCUT2D eigenvalue weighted by Gasteiger charge is 2.39. The van der Waals surface area contributed by atoms with E-state index in [1.807, 2.05) is 13.1 Å². The van der Waals surface area contributed by atoms with Crippen molar-refractivity contribution in [3.63, 3.8) is 0 Å². The lowest BCUT2D eigenvalue weighted by molar-refractivity contribution is -0.0545. The zero-order chi connectivity index (χ0) is 17.0. The number of thioether (sulfide) groups is 1. The maximum Gasteiger partial charge on any atom is 0.426 e. The Balaban J connectivity index is 2.57. The highest BCUT2D eigenvalue weighted by Crippen LogP contribution is 2.38. The number of halogens is 3. The number of hydrogen-bond acceptors (Lipinski definition) is 3. The number of nitrogens with zero attached hydrogens (tertiary/aromatic N) is 1. The van der Waals surface area contributed by atoms with Crippen molar-refractivity contribution in [3.05, 3.63) is 0 Å². The summed E-state index contributed by atoms with van der Waals surface area (Å²) in [7, 11) is -2.12. The number of aliphatic imine (C=N–C) groups is 1. The molecule has 0 amide bonds. The fraction of sp³-hybridized carbons (Fsp3) is 0.933. The van der Waals surface area contributed by atoms with Crippen LogP contribution in [0.4, 0.5) is 13.2 Å². The molecule has 0 spiro atoms. The first-order chi connectivity index (χ1) is 9.91. The van der Waals surface area contributed by atoms with Crippen LogP contribution in [0.5, 0.6) is 0 Å². The Hall–Kier alpha value is -0.0131. The third-order valence-electron chi connectivity index (χ3n) is 4.18. The van der Waals surface area contributed by atoms with Crippen molar-refractivity contribution < 1.29 is 17.6 Å². The minimum Gasteiger partial charge on any atom is -0.396 e. The van der Waals surface area contributed by atoms with Crippen LogP contribution in [-0.2, 0) is 4.43 Å². The molecule has 0 radical (unpaired) electrons. The van der Waals surface area contributed by atoms with E-state index >= 15 is 0 Å². The molecule has 0 saturated heterocycles. The molecule has 0 N–H and O–H groups in total. The maximum absolute atomic E-state index is 12.4. The Bertz CT molecular complexity index is 376. The van der Waals surface area contributed by atoms with Crippen LogP contribution in [-0.4, -0.2) is 38.4 Å². The smallest absolute Gasteiger partial charge is 0.396 e. The number of alkyl halides is 3. The van der Waals surface area contributed by atoms with E-state index in [0.29, 0.717) is 6.42 Å². The maximum atomic E-state index is 12.4. The van der Waals surface area contributed by atoms with Crippen LogP contribution in [0, 0.1) is 5.92 Å². The molecule has 0 aromatic heterocycles. The fourth-order valence-electron chi connectivity index (χ4n) is 1.57. The number of hydrogen-bond donors (Lipinski definition) is 0. The van der Waals surface area contributed by atoms with Crippen LogP contribution >= 0.6 is 11.8 Å². The van der Waals surface area contributed by atoms with Gasteiger partial charge in [-0.05, 0) is 48.4 Å². The lowest BCUT2D eigenvalue weighted by Gasteiger charge is -2.38. The van der Waals surface area contributed by atoms with E-state index in [1.54, 1.807) is 11.8 Å². The first-order valence-corrected chi connectivity index (χ1v) is 11.8. The van der Waals surface area contributed by atoms with Crippen LogP contribution in [0.3, 0.4) is 0 Å². The summed E-state index contributed by atoms with van der Waals surface area (Å²) in [5, 5.41) is -0.0415. The average Bonchev–Trinajstić information content (AvgIpc) is 3.12. The van der Waals surface area contributed by atoms with E-state index in [4.69, 9.17) is 4.43 Å². The molecule has 0 aromatic carbocycles. The molecule has 130 valence electrons. The minimum atomic E-state index is -4.38. The lowest BCUT2D eigenvalue weighted by atomic mass is 10.2. The molecule has 1 rings (SSSR count). The third kappa shape index (κ3) is 8.01. The van der Waals surface area contributed by atoms with Crippen molar-refractivity contribution in [2.75, 3.05) is 11.5 Å². The normalized spacial score (nSPS) is 18.9. The molecular weight excluding hydrogens is 327 g/mol. The summed E-state index contributed by atoms with van der Waals surface area (Å²) in [6.07, 6.45) is -1.86. The van der Waals surface area contributed by atoms with Gasteiger partial charge in [0.1, 0.15) is 12.4 Å². The standard InChI is InChI=1S/C15H28F3NOSSi/c1-14(2,3)22(4,5)20-13(19-11-15(16,17)18)8-9-21-10-12-6-7-12/h11-13H,6-10H2,1-5H3/t13-/m1/s1. The highest BCUT2D eigenvalue weighted by atomic mass is 32.2. The van der Waals surface area contributed by atoms with Gasteiger partial charge in [-0.15, -0.1) is 0 Å². The van der Waals surface area contributed by atoms with Gasteiger partial charge in [0.15, 0.2) is 8.32 Å². The van der Waals surface area contributed by atoms with E-state index < -0.39 is 20.7 Å². The molecule has 0 heterocycles. The molecule has 0 aliphatic heterocycles. The molecule has 1 fully saturated rings. The SMILES string of the molecule is CC(C)(C)[Si](C)(C)O[C@H](CCSCC1CC1)N=CC(F)(F)F. The summed E-state index contributed by atoms with van der Waals surface area (Å²) in [5.74, 6) is 2.73. The van der Waals surface area contributed by atoms with Gasteiger partial charge in [-0.2, -0.15) is 24.9 Å². The second-order valence-electron chi connectivity index (χ2n) is 7.46. The second kappa shape index (κ2) is 7.70. The average molecular weight is 356 g/mol. The predicted octanol–water partition coefficient (Wildman–Crippen LogP) is 5.50. The van der Waals surface area contributed by atoms with E-state index in [1.165, 1.54) is 12.8 Å². The van der Waals surface area contributed by atoms with Crippen LogP contribution < -0.4 is 0 Å². The van der Waals surface area contributed by atoms with Gasteiger partial charge in [-0.25, -0.2) is 0 Å². The lowest BCUT2D eigenvalue weighted by Crippen LogP contribution is -2.43. The summed E-state index contributed by atoms with van der Waals surface area (Å²) in [6.45, 7) is 10.3. The molecule has 22 heavy (non-hydrogen) atoms. The molecule has 0 aromatic rings. The Morgan fingerprint density at radius 2 is 1.86 bits per heavy atom. The third-order valence-corrected chi connectivity index (χ3v) is 9.89. The van der Waals surface area contributed by atoms with Crippen LogP contribution in [0.25, 0.3) is 0 Å². The molecule has 0 bridgehead atoms. The van der Waals surface area contributed by atoms with Crippen LogP contribution in [0.1, 0.15) is 40.0 Å². The van der Waals surface area contributed by atoms with Crippen molar-refractivity contribution in [1.82, 2.24) is 0 Å². The van der Waals surface area contributed by atoms with E-state index in [-0.39, 0.29) is 11.3 Å². The minimum absolute atomic E-state index is 0.0415. The second-order valence-corrected chi connectivity index (χ2v) is 13.4. The largest absolute Gasteiger partial charge is 0.426 e. The van der Waals surface area contributed by atoms with Gasteiger partial charge >= 0.3 is 6.18 Å². The predicted molar refractivity (Wildman–Crippen MR) is 91.3 cm³/mol. The van der Waals surface area contributed by atoms with Crippen LogP contribution in [0.15, 0.2) is 4.99 Å². The molecular formula is C15H28F3NOSSi. The molecule has 1 saturated carbocycles. The summed E-state index contributed by atoms with van der Waals surface area (Å²) in [4.78, 5) is 3.68. The van der Waals surface area contributed by atoms with Gasteiger partial charge in [-0.3, -0.25) is 4.99 Å². The topological polar surface area (TPSA) is 21.6 Å². The molecule has 1 atom stereocenters. The van der Waals surface area contributed by atoms with E-state index in [2.05, 4.69) is 25.8 Å². The molecule has 7 heteroatoms. The zero-order valence-electron chi connectivity index (χ0n) is 14.2. The fourth-order valence-corrected chi connectivity index (χ4v) is 3.98. The molecule has 1 aliphatic rings. The Morgan fingerprint density at radius 3 is 2.32 bits per heavy atom. The first-order valence-electron chi connectivity index (χ1n) is 7.77. The zero-order valence-corrected chi connectivity index (χ0v) is 16.0.